The zero-order valence-electron chi connectivity index (χ0n) is 25.3. The maximum atomic E-state index is 11.6. The molecule has 10 heteroatoms. The van der Waals surface area contributed by atoms with Gasteiger partial charge in [0.1, 0.15) is 23.1 Å². The number of hydrogen-bond acceptors (Lipinski definition) is 9. The number of hydrogen-bond donors (Lipinski definition) is 1. The molecule has 0 spiro atoms. The largest absolute Gasteiger partial charge is 0.466 e. The van der Waals surface area contributed by atoms with Gasteiger partial charge in [-0.3, -0.25) is 4.79 Å². The van der Waals surface area contributed by atoms with E-state index in [0.717, 1.165) is 100 Å². The van der Waals surface area contributed by atoms with E-state index in [1.807, 2.05) is 62.5 Å². The van der Waals surface area contributed by atoms with Crippen LogP contribution in [0.2, 0.25) is 5.02 Å². The van der Waals surface area contributed by atoms with Crippen LogP contribution < -0.4 is 15.0 Å². The summed E-state index contributed by atoms with van der Waals surface area (Å²) in [6.45, 7) is 12.2. The number of nitrogens with zero attached hydrogens (tertiary/aromatic N) is 5. The monoisotopic (exact) mass is 606 g/mol. The minimum Gasteiger partial charge on any atom is -0.466 e. The van der Waals surface area contributed by atoms with Crippen molar-refractivity contribution >= 4 is 29.1 Å². The van der Waals surface area contributed by atoms with Crippen LogP contribution in [0.4, 0.5) is 11.5 Å². The number of rotatable bonds is 13. The van der Waals surface area contributed by atoms with E-state index in [9.17, 15) is 4.79 Å². The van der Waals surface area contributed by atoms with Crippen molar-refractivity contribution in [2.75, 3.05) is 69.2 Å². The number of esters is 1. The van der Waals surface area contributed by atoms with Crippen LogP contribution in [0.3, 0.4) is 0 Å². The molecule has 43 heavy (non-hydrogen) atoms. The number of benzene rings is 2. The van der Waals surface area contributed by atoms with E-state index >= 15 is 0 Å². The Balaban J connectivity index is 1.10. The standard InChI is InChI=1S/C33H43ClN6O3/c1-3-42-32(41)13-16-39-20-18-38(19-21-39)14-4-5-15-40-17-12-31(30-24-35-25(2)36-33(30)40)37-27-9-7-11-29(23-27)43-28-10-6-8-26(34)22-28/h6-11,22-24,31,37H,3-5,12-21H2,1-2H3. The molecule has 1 unspecified atom stereocenters. The lowest BCUT2D eigenvalue weighted by atomic mass is 10.00. The van der Waals surface area contributed by atoms with Gasteiger partial charge >= 0.3 is 5.97 Å². The van der Waals surface area contributed by atoms with E-state index in [1.54, 1.807) is 0 Å². The maximum Gasteiger partial charge on any atom is 0.307 e. The Hall–Kier alpha value is -3.40. The predicted molar refractivity (Wildman–Crippen MR) is 171 cm³/mol. The summed E-state index contributed by atoms with van der Waals surface area (Å²) in [6, 6.07) is 15.6. The van der Waals surface area contributed by atoms with Crippen LogP contribution >= 0.6 is 11.6 Å². The molecule has 0 radical (unpaired) electrons. The normalized spacial score (nSPS) is 17.4. The molecule has 5 rings (SSSR count). The molecule has 2 aliphatic rings. The summed E-state index contributed by atoms with van der Waals surface area (Å²) in [4.78, 5) is 28.4. The highest BCUT2D eigenvalue weighted by molar-refractivity contribution is 6.30. The number of ether oxygens (including phenoxy) is 2. The van der Waals surface area contributed by atoms with Crippen LogP contribution in [-0.4, -0.2) is 84.7 Å². The van der Waals surface area contributed by atoms with Crippen molar-refractivity contribution < 1.29 is 14.3 Å². The van der Waals surface area contributed by atoms with Crippen LogP contribution in [0, 0.1) is 6.92 Å². The second kappa shape index (κ2) is 15.4. The number of piperazine rings is 1. The highest BCUT2D eigenvalue weighted by Gasteiger charge is 2.27. The minimum absolute atomic E-state index is 0.0967. The summed E-state index contributed by atoms with van der Waals surface area (Å²) in [5, 5.41) is 4.35. The zero-order chi connectivity index (χ0) is 30.0. The number of anilines is 2. The first-order valence-electron chi connectivity index (χ1n) is 15.5. The van der Waals surface area contributed by atoms with Crippen molar-refractivity contribution in [3.05, 3.63) is 71.1 Å². The maximum absolute atomic E-state index is 11.6. The molecule has 1 N–H and O–H groups in total. The third kappa shape index (κ3) is 9.05. The Labute approximate surface area is 260 Å². The Morgan fingerprint density at radius 3 is 2.47 bits per heavy atom. The van der Waals surface area contributed by atoms with Crippen LogP contribution in [0.25, 0.3) is 0 Å². The Kier molecular flexibility index (Phi) is 11.1. The number of carbonyl (C=O) groups is 1. The molecule has 3 heterocycles. The summed E-state index contributed by atoms with van der Waals surface area (Å²) in [5.41, 5.74) is 2.13. The number of fused-ring (bicyclic) bond motifs is 1. The molecule has 3 aromatic rings. The van der Waals surface area contributed by atoms with Crippen molar-refractivity contribution in [2.24, 2.45) is 0 Å². The van der Waals surface area contributed by atoms with E-state index < -0.39 is 0 Å². The number of aryl methyl sites for hydroxylation is 1. The molecular formula is C33H43ClN6O3. The molecule has 0 bridgehead atoms. The molecule has 0 aliphatic carbocycles. The first-order valence-corrected chi connectivity index (χ1v) is 15.8. The lowest BCUT2D eigenvalue weighted by molar-refractivity contribution is -0.143. The average Bonchev–Trinajstić information content (AvgIpc) is 3.00. The SMILES string of the molecule is CCOC(=O)CCN1CCN(CCCCN2CCC(Nc3cccc(Oc4cccc(Cl)c4)c3)c3cnc(C)nc32)CC1. The van der Waals surface area contributed by atoms with Gasteiger partial charge in [0.25, 0.3) is 0 Å². The van der Waals surface area contributed by atoms with Crippen LogP contribution in [0.5, 0.6) is 11.5 Å². The fraction of sp³-hybridized carbons (Fsp3) is 0.485. The Bertz CT molecular complexity index is 1350. The molecule has 1 fully saturated rings. The van der Waals surface area contributed by atoms with E-state index in [4.69, 9.17) is 26.1 Å². The second-order valence-electron chi connectivity index (χ2n) is 11.2. The van der Waals surface area contributed by atoms with Crippen molar-refractivity contribution in [2.45, 2.75) is 45.6 Å². The second-order valence-corrected chi connectivity index (χ2v) is 11.6. The predicted octanol–water partition coefficient (Wildman–Crippen LogP) is 5.95. The van der Waals surface area contributed by atoms with Crippen molar-refractivity contribution in [3.63, 3.8) is 0 Å². The minimum atomic E-state index is -0.0967. The van der Waals surface area contributed by atoms with Gasteiger partial charge in [-0.15, -0.1) is 0 Å². The first kappa shape index (κ1) is 31.0. The molecule has 1 atom stereocenters. The lowest BCUT2D eigenvalue weighted by Gasteiger charge is -2.36. The fourth-order valence-corrected chi connectivity index (χ4v) is 5.93. The number of halogens is 1. The molecule has 2 aliphatic heterocycles. The number of aromatic nitrogens is 2. The Morgan fingerprint density at radius 1 is 0.977 bits per heavy atom. The molecule has 2 aromatic carbocycles. The third-order valence-electron chi connectivity index (χ3n) is 8.04. The Morgan fingerprint density at radius 2 is 1.70 bits per heavy atom. The lowest BCUT2D eigenvalue weighted by Crippen LogP contribution is -2.47. The summed E-state index contributed by atoms with van der Waals surface area (Å²) in [6.07, 6.45) is 5.70. The highest BCUT2D eigenvalue weighted by Crippen LogP contribution is 2.35. The van der Waals surface area contributed by atoms with Gasteiger partial charge < -0.3 is 29.5 Å². The van der Waals surface area contributed by atoms with E-state index in [-0.39, 0.29) is 12.0 Å². The van der Waals surface area contributed by atoms with Gasteiger partial charge in [0.2, 0.25) is 0 Å². The quantitative estimate of drug-likeness (QED) is 0.188. The zero-order valence-corrected chi connectivity index (χ0v) is 26.1. The fourth-order valence-electron chi connectivity index (χ4n) is 5.75. The molecule has 9 nitrogen and oxygen atoms in total. The van der Waals surface area contributed by atoms with Gasteiger partial charge in [-0.2, -0.15) is 0 Å². The summed E-state index contributed by atoms with van der Waals surface area (Å²) in [5.74, 6) is 3.20. The van der Waals surface area contributed by atoms with Gasteiger partial charge in [-0.25, -0.2) is 9.97 Å². The highest BCUT2D eigenvalue weighted by atomic mass is 35.5. The van der Waals surface area contributed by atoms with Crippen LogP contribution in [0.15, 0.2) is 54.7 Å². The number of carbonyl (C=O) groups excluding carboxylic acids is 1. The van der Waals surface area contributed by atoms with Gasteiger partial charge in [0, 0.05) is 74.3 Å². The third-order valence-corrected chi connectivity index (χ3v) is 8.28. The molecular weight excluding hydrogens is 564 g/mol. The van der Waals surface area contributed by atoms with Gasteiger partial charge in [-0.1, -0.05) is 23.7 Å². The van der Waals surface area contributed by atoms with E-state index in [1.165, 1.54) is 0 Å². The molecule has 0 saturated carbocycles. The summed E-state index contributed by atoms with van der Waals surface area (Å²) < 4.78 is 11.1. The molecule has 0 amide bonds. The van der Waals surface area contributed by atoms with Gasteiger partial charge in [-0.05, 0) is 70.0 Å². The van der Waals surface area contributed by atoms with E-state index in [2.05, 4.69) is 31.1 Å². The van der Waals surface area contributed by atoms with Crippen molar-refractivity contribution in [3.8, 4) is 11.5 Å². The van der Waals surface area contributed by atoms with Crippen LogP contribution in [-0.2, 0) is 9.53 Å². The first-order chi connectivity index (χ1) is 21.0. The van der Waals surface area contributed by atoms with Gasteiger partial charge in [0.05, 0.1) is 19.1 Å². The molecule has 230 valence electrons. The summed E-state index contributed by atoms with van der Waals surface area (Å²) >= 11 is 6.12. The average molecular weight is 607 g/mol. The van der Waals surface area contributed by atoms with Crippen molar-refractivity contribution in [1.82, 2.24) is 19.8 Å². The van der Waals surface area contributed by atoms with E-state index in [0.29, 0.717) is 23.8 Å². The molecule has 1 aromatic heterocycles. The van der Waals surface area contributed by atoms with Crippen LogP contribution in [0.1, 0.15) is 50.0 Å². The smallest absolute Gasteiger partial charge is 0.307 e. The summed E-state index contributed by atoms with van der Waals surface area (Å²) in [7, 11) is 0. The topological polar surface area (TPSA) is 83.1 Å². The van der Waals surface area contributed by atoms with Gasteiger partial charge in [0.15, 0.2) is 0 Å². The number of nitrogens with one attached hydrogen (secondary N) is 1. The molecule has 1 saturated heterocycles. The van der Waals surface area contributed by atoms with Crippen molar-refractivity contribution in [1.29, 1.82) is 0 Å². The number of unbranched alkanes of at least 4 members (excludes halogenated alkanes) is 1.